The highest BCUT2D eigenvalue weighted by Gasteiger charge is 2.32. The number of rotatable bonds is 1. The molecule has 0 aliphatic heterocycles. The van der Waals surface area contributed by atoms with Gasteiger partial charge in [-0.1, -0.05) is 30.4 Å². The molecule has 0 aromatic heterocycles. The van der Waals surface area contributed by atoms with Gasteiger partial charge in [0.05, 0.1) is 0 Å². The first-order chi connectivity index (χ1) is 5.29. The van der Waals surface area contributed by atoms with Crippen LogP contribution >= 0.6 is 11.6 Å². The average Bonchev–Trinajstić information content (AvgIpc) is 1.90. The van der Waals surface area contributed by atoms with Gasteiger partial charge in [0, 0.05) is 17.4 Å². The molecule has 0 saturated heterocycles. The molecular weight excluding hydrogens is 160 g/mol. The van der Waals surface area contributed by atoms with Crippen molar-refractivity contribution in [3.8, 4) is 0 Å². The third-order valence-electron chi connectivity index (χ3n) is 2.14. The second-order valence-electron chi connectivity index (χ2n) is 2.77. The van der Waals surface area contributed by atoms with Gasteiger partial charge in [-0.2, -0.15) is 0 Å². The maximum absolute atomic E-state index is 10.7. The first-order valence-electron chi connectivity index (χ1n) is 3.55. The molecule has 56 valence electrons. The van der Waals surface area contributed by atoms with Gasteiger partial charge in [0.1, 0.15) is 0 Å². The van der Waals surface area contributed by atoms with Gasteiger partial charge in [0.15, 0.2) is 0 Å². The van der Waals surface area contributed by atoms with E-state index in [-0.39, 0.29) is 11.2 Å². The summed E-state index contributed by atoms with van der Waals surface area (Å²) in [6.45, 7) is 0. The van der Waals surface area contributed by atoms with Crippen LogP contribution in [0.4, 0.5) is 0 Å². The van der Waals surface area contributed by atoms with E-state index in [1.165, 1.54) is 0 Å². The van der Waals surface area contributed by atoms with Gasteiger partial charge in [-0.3, -0.25) is 4.79 Å². The van der Waals surface area contributed by atoms with Crippen LogP contribution in [0.3, 0.4) is 0 Å². The monoisotopic (exact) mass is 166 g/mol. The maximum Gasteiger partial charge on any atom is 0.248 e. The lowest BCUT2D eigenvalue weighted by Gasteiger charge is -2.31. The predicted molar refractivity (Wildman–Crippen MR) is 44.2 cm³/mol. The van der Waals surface area contributed by atoms with Crippen LogP contribution in [0.15, 0.2) is 36.0 Å². The number of carbonyl (C=O) groups is 1. The molecule has 0 amide bonds. The van der Waals surface area contributed by atoms with Crippen molar-refractivity contribution < 1.29 is 4.79 Å². The SMILES string of the molecule is O=C(Cl)C1=CC2C=CC=CC12. The molecule has 11 heavy (non-hydrogen) atoms. The molecule has 2 aliphatic carbocycles. The molecule has 1 nitrogen and oxygen atoms in total. The Kier molecular flexibility index (Phi) is 1.46. The van der Waals surface area contributed by atoms with Crippen molar-refractivity contribution in [2.24, 2.45) is 11.8 Å². The number of carbonyl (C=O) groups excluding carboxylic acids is 1. The van der Waals surface area contributed by atoms with E-state index in [0.717, 1.165) is 5.57 Å². The molecule has 0 radical (unpaired) electrons. The zero-order valence-electron chi connectivity index (χ0n) is 5.83. The van der Waals surface area contributed by atoms with E-state index in [0.29, 0.717) is 5.92 Å². The minimum absolute atomic E-state index is 0.255. The van der Waals surface area contributed by atoms with Crippen LogP contribution in [-0.2, 0) is 4.79 Å². The Morgan fingerprint density at radius 2 is 2.09 bits per heavy atom. The lowest BCUT2D eigenvalue weighted by Crippen LogP contribution is -2.26. The topological polar surface area (TPSA) is 17.1 Å². The Morgan fingerprint density at radius 1 is 1.36 bits per heavy atom. The summed E-state index contributed by atoms with van der Waals surface area (Å²) in [7, 11) is 0. The molecule has 0 aromatic rings. The van der Waals surface area contributed by atoms with E-state index in [1.807, 2.05) is 24.3 Å². The third-order valence-corrected chi connectivity index (χ3v) is 2.35. The Balaban J connectivity index is 2.26. The van der Waals surface area contributed by atoms with Gasteiger partial charge in [-0.05, 0) is 11.6 Å². The van der Waals surface area contributed by atoms with Crippen LogP contribution < -0.4 is 0 Å². The first-order valence-corrected chi connectivity index (χ1v) is 3.93. The highest BCUT2D eigenvalue weighted by Crippen LogP contribution is 2.38. The van der Waals surface area contributed by atoms with Gasteiger partial charge in [-0.15, -0.1) is 0 Å². The molecule has 0 heterocycles. The summed E-state index contributed by atoms with van der Waals surface area (Å²) >= 11 is 5.33. The average molecular weight is 167 g/mol. The Labute approximate surface area is 70.0 Å². The fraction of sp³-hybridized carbons (Fsp3) is 0.222. The minimum Gasteiger partial charge on any atom is -0.276 e. The van der Waals surface area contributed by atoms with Gasteiger partial charge < -0.3 is 0 Å². The molecule has 0 fully saturated rings. The lowest BCUT2D eigenvalue weighted by atomic mass is 9.73. The van der Waals surface area contributed by atoms with Crippen LogP contribution in [0.2, 0.25) is 0 Å². The van der Waals surface area contributed by atoms with E-state index in [1.54, 1.807) is 0 Å². The molecule has 2 rings (SSSR count). The standard InChI is InChI=1S/C9H7ClO/c10-9(11)8-5-6-3-1-2-4-7(6)8/h1-7H. The van der Waals surface area contributed by atoms with E-state index >= 15 is 0 Å². The quantitative estimate of drug-likeness (QED) is 0.545. The van der Waals surface area contributed by atoms with Crippen LogP contribution in [-0.4, -0.2) is 5.24 Å². The van der Waals surface area contributed by atoms with Crippen LogP contribution in [0.5, 0.6) is 0 Å². The Morgan fingerprint density at radius 3 is 2.73 bits per heavy atom. The zero-order valence-corrected chi connectivity index (χ0v) is 6.58. The number of hydrogen-bond donors (Lipinski definition) is 0. The van der Waals surface area contributed by atoms with Gasteiger partial charge in [-0.25, -0.2) is 0 Å². The van der Waals surface area contributed by atoms with Gasteiger partial charge in [0.25, 0.3) is 0 Å². The summed E-state index contributed by atoms with van der Waals surface area (Å²) in [6, 6.07) is 0. The third kappa shape index (κ3) is 0.962. The second kappa shape index (κ2) is 2.35. The molecule has 0 saturated carbocycles. The summed E-state index contributed by atoms with van der Waals surface area (Å²) in [4.78, 5) is 10.7. The Bertz CT molecular complexity index is 286. The van der Waals surface area contributed by atoms with Crippen LogP contribution in [0.1, 0.15) is 0 Å². The Hall–Kier alpha value is -0.820. The van der Waals surface area contributed by atoms with E-state index in [4.69, 9.17) is 11.6 Å². The first kappa shape index (κ1) is 6.86. The second-order valence-corrected chi connectivity index (χ2v) is 3.11. The van der Waals surface area contributed by atoms with E-state index < -0.39 is 0 Å². The normalized spacial score (nSPS) is 32.3. The minimum atomic E-state index is -0.314. The van der Waals surface area contributed by atoms with Gasteiger partial charge >= 0.3 is 0 Å². The number of halogens is 1. The fourth-order valence-corrected chi connectivity index (χ4v) is 1.68. The summed E-state index contributed by atoms with van der Waals surface area (Å²) in [5.74, 6) is 0.669. The lowest BCUT2D eigenvalue weighted by molar-refractivity contribution is -0.109. The van der Waals surface area contributed by atoms with Crippen molar-refractivity contribution >= 4 is 16.8 Å². The molecule has 0 aromatic carbocycles. The van der Waals surface area contributed by atoms with Crippen molar-refractivity contribution in [3.63, 3.8) is 0 Å². The van der Waals surface area contributed by atoms with Crippen molar-refractivity contribution in [2.45, 2.75) is 0 Å². The number of allylic oxidation sites excluding steroid dienone is 6. The van der Waals surface area contributed by atoms with E-state index in [2.05, 4.69) is 6.08 Å². The van der Waals surface area contributed by atoms with Crippen molar-refractivity contribution in [1.82, 2.24) is 0 Å². The van der Waals surface area contributed by atoms with Crippen molar-refractivity contribution in [3.05, 3.63) is 36.0 Å². The molecule has 0 N–H and O–H groups in total. The summed E-state index contributed by atoms with van der Waals surface area (Å²) in [5.41, 5.74) is 0.747. The molecule has 2 unspecified atom stereocenters. The molecule has 2 atom stereocenters. The van der Waals surface area contributed by atoms with Gasteiger partial charge in [0.2, 0.25) is 5.24 Å². The smallest absolute Gasteiger partial charge is 0.248 e. The largest absolute Gasteiger partial charge is 0.276 e. The molecule has 2 heteroatoms. The molecular formula is C9H7ClO. The fourth-order valence-electron chi connectivity index (χ4n) is 1.49. The molecule has 0 spiro atoms. The molecule has 2 aliphatic rings. The highest BCUT2D eigenvalue weighted by atomic mass is 35.5. The zero-order chi connectivity index (χ0) is 7.84. The highest BCUT2D eigenvalue weighted by molar-refractivity contribution is 6.67. The van der Waals surface area contributed by atoms with E-state index in [9.17, 15) is 4.79 Å². The summed E-state index contributed by atoms with van der Waals surface area (Å²) < 4.78 is 0. The maximum atomic E-state index is 10.7. The molecule has 0 bridgehead atoms. The van der Waals surface area contributed by atoms with Crippen molar-refractivity contribution in [2.75, 3.05) is 0 Å². The number of fused-ring (bicyclic) bond motifs is 1. The van der Waals surface area contributed by atoms with Crippen LogP contribution in [0.25, 0.3) is 0 Å². The summed E-state index contributed by atoms with van der Waals surface area (Å²) in [6.07, 6.45) is 9.95. The van der Waals surface area contributed by atoms with Crippen LogP contribution in [0, 0.1) is 11.8 Å². The summed E-state index contributed by atoms with van der Waals surface area (Å²) in [5, 5.41) is -0.314. The number of hydrogen-bond acceptors (Lipinski definition) is 1. The predicted octanol–water partition coefficient (Wildman–Crippen LogP) is 2.05. The van der Waals surface area contributed by atoms with Crippen molar-refractivity contribution in [1.29, 1.82) is 0 Å².